The lowest BCUT2D eigenvalue weighted by atomic mass is 10.2. The van der Waals surface area contributed by atoms with Crippen molar-refractivity contribution >= 4 is 45.4 Å². The Kier molecular flexibility index (Phi) is 5.92. The normalized spacial score (nSPS) is 17.1. The first-order valence-corrected chi connectivity index (χ1v) is 9.79. The summed E-state index contributed by atoms with van der Waals surface area (Å²) < 4.78 is 5.12. The van der Waals surface area contributed by atoms with Gasteiger partial charge in [-0.1, -0.05) is 30.4 Å². The van der Waals surface area contributed by atoms with Gasteiger partial charge in [0, 0.05) is 6.54 Å². The first kappa shape index (κ1) is 19.1. The molecule has 1 N–H and O–H groups in total. The van der Waals surface area contributed by atoms with Gasteiger partial charge in [-0.3, -0.25) is 9.69 Å². The number of phenolic OH excluding ortho intramolecular Hbond substituents is 1. The average Bonchev–Trinajstić information content (AvgIpc) is 3.23. The van der Waals surface area contributed by atoms with Gasteiger partial charge in [-0.25, -0.2) is 0 Å². The summed E-state index contributed by atoms with van der Waals surface area (Å²) >= 11 is 2.67. The molecule has 0 radical (unpaired) electrons. The van der Waals surface area contributed by atoms with Crippen LogP contribution in [0, 0.1) is 0 Å². The highest BCUT2D eigenvalue weighted by Crippen LogP contribution is 2.36. The van der Waals surface area contributed by atoms with Crippen molar-refractivity contribution in [1.82, 2.24) is 15.1 Å². The number of carbonyl (C=O) groups is 1. The van der Waals surface area contributed by atoms with Crippen LogP contribution < -0.4 is 4.74 Å². The predicted octanol–water partition coefficient (Wildman–Crippen LogP) is 3.60. The molecule has 0 unspecified atom stereocenters. The highest BCUT2D eigenvalue weighted by Gasteiger charge is 2.33. The molecule has 1 aliphatic heterocycles. The number of rotatable bonds is 6. The summed E-state index contributed by atoms with van der Waals surface area (Å²) in [5, 5.41) is 19.8. The lowest BCUT2D eigenvalue weighted by molar-refractivity contribution is -0.121. The third kappa shape index (κ3) is 4.20. The van der Waals surface area contributed by atoms with E-state index in [2.05, 4.69) is 21.8 Å². The molecule has 1 fully saturated rings. The Labute approximate surface area is 165 Å². The molecule has 0 saturated carbocycles. The van der Waals surface area contributed by atoms with E-state index in [1.54, 1.807) is 29.2 Å². The number of ether oxygens (including phenoxy) is 1. The Morgan fingerprint density at radius 1 is 1.41 bits per heavy atom. The lowest BCUT2D eigenvalue weighted by Crippen LogP contribution is -2.29. The summed E-state index contributed by atoms with van der Waals surface area (Å²) in [4.78, 5) is 19.3. The van der Waals surface area contributed by atoms with Crippen molar-refractivity contribution in [2.75, 3.05) is 13.7 Å². The second kappa shape index (κ2) is 8.36. The number of carbonyl (C=O) groups excluding carboxylic acids is 1. The summed E-state index contributed by atoms with van der Waals surface area (Å²) in [6.07, 6.45) is 4.18. The third-order valence-electron chi connectivity index (χ3n) is 3.65. The van der Waals surface area contributed by atoms with Crippen molar-refractivity contribution in [3.63, 3.8) is 0 Å². The summed E-state index contributed by atoms with van der Waals surface area (Å²) in [5.41, 5.74) is 0.740. The molecule has 0 aliphatic carbocycles. The number of aliphatic imine (C=N–C) groups is 1. The van der Waals surface area contributed by atoms with Gasteiger partial charge in [0.2, 0.25) is 5.13 Å². The second-order valence-corrected chi connectivity index (χ2v) is 7.52. The first-order chi connectivity index (χ1) is 13.0. The van der Waals surface area contributed by atoms with E-state index in [1.165, 1.54) is 36.3 Å². The van der Waals surface area contributed by atoms with Crippen molar-refractivity contribution in [3.8, 4) is 11.5 Å². The zero-order chi connectivity index (χ0) is 19.4. The third-order valence-corrected chi connectivity index (χ3v) is 5.62. The van der Waals surface area contributed by atoms with E-state index in [0.717, 1.165) is 17.0 Å². The molecular formula is C18H18N4O3S2. The summed E-state index contributed by atoms with van der Waals surface area (Å²) in [5.74, 6) is 0.229. The molecule has 3 rings (SSSR count). The SMILES string of the molecule is C=CCN1C(=O)C(=Cc2ccc(O)c(OC)c2)SC1=Nc1nnc(CC)s1. The molecule has 9 heteroatoms. The first-order valence-electron chi connectivity index (χ1n) is 8.16. The van der Waals surface area contributed by atoms with Gasteiger partial charge >= 0.3 is 0 Å². The molecule has 1 amide bonds. The number of benzene rings is 1. The fraction of sp³-hybridized carbons (Fsp3) is 0.222. The van der Waals surface area contributed by atoms with Gasteiger partial charge in [0.05, 0.1) is 12.0 Å². The van der Waals surface area contributed by atoms with Crippen LogP contribution in [-0.2, 0) is 11.2 Å². The van der Waals surface area contributed by atoms with Crippen LogP contribution >= 0.6 is 23.1 Å². The maximum atomic E-state index is 12.8. The van der Waals surface area contributed by atoms with Crippen LogP contribution in [0.1, 0.15) is 17.5 Å². The molecule has 2 heterocycles. The minimum Gasteiger partial charge on any atom is -0.504 e. The maximum absolute atomic E-state index is 12.8. The van der Waals surface area contributed by atoms with E-state index in [4.69, 9.17) is 4.74 Å². The number of thioether (sulfide) groups is 1. The Morgan fingerprint density at radius 3 is 2.89 bits per heavy atom. The van der Waals surface area contributed by atoms with Gasteiger partial charge in [-0.2, -0.15) is 4.99 Å². The highest BCUT2D eigenvalue weighted by atomic mass is 32.2. The maximum Gasteiger partial charge on any atom is 0.267 e. The number of aromatic hydroxyl groups is 1. The minimum absolute atomic E-state index is 0.0450. The topological polar surface area (TPSA) is 87.9 Å². The van der Waals surface area contributed by atoms with Gasteiger partial charge in [0.15, 0.2) is 16.7 Å². The van der Waals surface area contributed by atoms with E-state index >= 15 is 0 Å². The minimum atomic E-state index is -0.161. The van der Waals surface area contributed by atoms with E-state index < -0.39 is 0 Å². The molecule has 140 valence electrons. The summed E-state index contributed by atoms with van der Waals surface area (Å²) in [7, 11) is 1.48. The highest BCUT2D eigenvalue weighted by molar-refractivity contribution is 8.18. The monoisotopic (exact) mass is 402 g/mol. The quantitative estimate of drug-likeness (QED) is 0.587. The number of aromatic nitrogens is 2. The predicted molar refractivity (Wildman–Crippen MR) is 109 cm³/mol. The number of aryl methyl sites for hydroxylation is 1. The fourth-order valence-corrected chi connectivity index (χ4v) is 4.03. The standard InChI is InChI=1S/C18H18N4O3S2/c1-4-8-22-16(24)14(10-11-6-7-12(23)13(9-11)25-3)26-18(22)19-17-21-20-15(5-2)27-17/h4,6-7,9-10,23H,1,5,8H2,2-3H3. The van der Waals surface area contributed by atoms with Crippen molar-refractivity contribution in [3.05, 3.63) is 46.3 Å². The molecule has 1 saturated heterocycles. The van der Waals surface area contributed by atoms with Gasteiger partial charge in [-0.05, 0) is 42.0 Å². The van der Waals surface area contributed by atoms with Crippen LogP contribution in [0.25, 0.3) is 6.08 Å². The van der Waals surface area contributed by atoms with E-state index in [-0.39, 0.29) is 11.7 Å². The zero-order valence-corrected chi connectivity index (χ0v) is 16.5. The van der Waals surface area contributed by atoms with Crippen LogP contribution in [-0.4, -0.2) is 44.9 Å². The zero-order valence-electron chi connectivity index (χ0n) is 14.9. The Balaban J connectivity index is 1.93. The number of amidine groups is 1. The molecular weight excluding hydrogens is 384 g/mol. The van der Waals surface area contributed by atoms with Gasteiger partial charge in [0.1, 0.15) is 5.01 Å². The van der Waals surface area contributed by atoms with Crippen LogP contribution in [0.15, 0.2) is 40.8 Å². The number of nitrogens with zero attached hydrogens (tertiary/aromatic N) is 4. The van der Waals surface area contributed by atoms with Crippen molar-refractivity contribution in [2.45, 2.75) is 13.3 Å². The van der Waals surface area contributed by atoms with Crippen molar-refractivity contribution < 1.29 is 14.6 Å². The fourth-order valence-electron chi connectivity index (χ4n) is 2.33. The van der Waals surface area contributed by atoms with Crippen LogP contribution in [0.4, 0.5) is 5.13 Å². The molecule has 1 aromatic heterocycles. The Morgan fingerprint density at radius 2 is 2.22 bits per heavy atom. The van der Waals surface area contributed by atoms with Crippen LogP contribution in [0.5, 0.6) is 11.5 Å². The summed E-state index contributed by atoms with van der Waals surface area (Å²) in [6.45, 7) is 6.06. The number of methoxy groups -OCH3 is 1. The van der Waals surface area contributed by atoms with Gasteiger partial charge in [0.25, 0.3) is 5.91 Å². The van der Waals surface area contributed by atoms with Gasteiger partial charge < -0.3 is 9.84 Å². The average molecular weight is 403 g/mol. The Bertz CT molecular complexity index is 936. The van der Waals surface area contributed by atoms with Crippen LogP contribution in [0.3, 0.4) is 0 Å². The smallest absolute Gasteiger partial charge is 0.267 e. The molecule has 0 bridgehead atoms. The van der Waals surface area contributed by atoms with Crippen molar-refractivity contribution in [2.24, 2.45) is 4.99 Å². The number of hydrogen-bond acceptors (Lipinski definition) is 8. The van der Waals surface area contributed by atoms with E-state index in [0.29, 0.717) is 27.5 Å². The summed E-state index contributed by atoms with van der Waals surface area (Å²) in [6, 6.07) is 4.91. The number of phenols is 1. The van der Waals surface area contributed by atoms with Crippen molar-refractivity contribution in [1.29, 1.82) is 0 Å². The van der Waals surface area contributed by atoms with E-state index in [1.807, 2.05) is 6.92 Å². The van der Waals surface area contributed by atoms with Gasteiger partial charge in [-0.15, -0.1) is 16.8 Å². The molecule has 7 nitrogen and oxygen atoms in total. The number of amides is 1. The molecule has 1 aromatic carbocycles. The van der Waals surface area contributed by atoms with E-state index in [9.17, 15) is 9.90 Å². The lowest BCUT2D eigenvalue weighted by Gasteiger charge is -2.11. The molecule has 2 aromatic rings. The number of hydrogen-bond donors (Lipinski definition) is 1. The second-order valence-electron chi connectivity index (χ2n) is 5.47. The molecule has 1 aliphatic rings. The molecule has 0 spiro atoms. The largest absolute Gasteiger partial charge is 0.504 e. The Hall–Kier alpha value is -2.65. The molecule has 27 heavy (non-hydrogen) atoms. The molecule has 0 atom stereocenters. The van der Waals surface area contributed by atoms with Crippen LogP contribution in [0.2, 0.25) is 0 Å².